The van der Waals surface area contributed by atoms with Crippen LogP contribution >= 0.6 is 0 Å². The highest BCUT2D eigenvalue weighted by molar-refractivity contribution is 5.85. The number of hydrogen-bond donors (Lipinski definition) is 3. The van der Waals surface area contributed by atoms with Crippen molar-refractivity contribution in [1.29, 1.82) is 0 Å². The van der Waals surface area contributed by atoms with E-state index in [9.17, 15) is 4.79 Å². The van der Waals surface area contributed by atoms with E-state index in [0.717, 1.165) is 39.3 Å². The summed E-state index contributed by atoms with van der Waals surface area (Å²) in [5, 5.41) is 22.5. The lowest BCUT2D eigenvalue weighted by atomic mass is 10.3. The molecule has 1 saturated heterocycles. The molecule has 1 fully saturated rings. The van der Waals surface area contributed by atoms with Gasteiger partial charge < -0.3 is 15.7 Å². The number of hydrogen-bond acceptors (Lipinski definition) is 6. The van der Waals surface area contributed by atoms with Crippen LogP contribution in [0.25, 0.3) is 0 Å². The summed E-state index contributed by atoms with van der Waals surface area (Å²) in [6.07, 6.45) is 0. The van der Waals surface area contributed by atoms with Gasteiger partial charge in [0.25, 0.3) is 0 Å². The minimum atomic E-state index is -1.06. The van der Waals surface area contributed by atoms with Crippen molar-refractivity contribution in [3.63, 3.8) is 0 Å². The van der Waals surface area contributed by atoms with Crippen molar-refractivity contribution in [3.05, 3.63) is 17.8 Å². The van der Waals surface area contributed by atoms with E-state index >= 15 is 0 Å². The Hall–Kier alpha value is -1.73. The van der Waals surface area contributed by atoms with Crippen molar-refractivity contribution in [2.24, 2.45) is 0 Å². The summed E-state index contributed by atoms with van der Waals surface area (Å²) >= 11 is 0. The summed E-state index contributed by atoms with van der Waals surface area (Å²) in [4.78, 5) is 13.0. The topological polar surface area (TPSA) is 90.4 Å². The Morgan fingerprint density at radius 3 is 2.78 bits per heavy atom. The molecule has 1 aromatic rings. The molecular formula is C11H17N5O2. The maximum absolute atomic E-state index is 10.6. The van der Waals surface area contributed by atoms with Crippen molar-refractivity contribution in [2.75, 3.05) is 44.6 Å². The molecule has 7 nitrogen and oxygen atoms in total. The quantitative estimate of drug-likeness (QED) is 0.649. The van der Waals surface area contributed by atoms with Crippen LogP contribution in [-0.4, -0.2) is 65.4 Å². The van der Waals surface area contributed by atoms with Crippen LogP contribution in [0.3, 0.4) is 0 Å². The largest absolute Gasteiger partial charge is 0.476 e. The molecular weight excluding hydrogens is 234 g/mol. The molecule has 0 aliphatic carbocycles. The molecule has 0 spiro atoms. The van der Waals surface area contributed by atoms with Crippen LogP contribution in [0, 0.1) is 0 Å². The number of anilines is 1. The first-order valence-corrected chi connectivity index (χ1v) is 5.99. The van der Waals surface area contributed by atoms with Gasteiger partial charge >= 0.3 is 5.97 Å². The van der Waals surface area contributed by atoms with E-state index in [1.807, 2.05) is 0 Å². The summed E-state index contributed by atoms with van der Waals surface area (Å²) in [5.41, 5.74) is -0.0392. The Labute approximate surface area is 105 Å². The number of carbonyl (C=O) groups is 1. The third-order valence-electron chi connectivity index (χ3n) is 2.83. The molecule has 0 saturated carbocycles. The van der Waals surface area contributed by atoms with Gasteiger partial charge in [0.15, 0.2) is 5.69 Å². The average Bonchev–Trinajstić information content (AvgIpc) is 2.40. The zero-order valence-corrected chi connectivity index (χ0v) is 10.1. The molecule has 0 radical (unpaired) electrons. The van der Waals surface area contributed by atoms with Gasteiger partial charge in [-0.15, -0.1) is 10.2 Å². The zero-order valence-electron chi connectivity index (χ0n) is 10.1. The van der Waals surface area contributed by atoms with E-state index in [1.54, 1.807) is 6.07 Å². The van der Waals surface area contributed by atoms with Crippen LogP contribution in [0.2, 0.25) is 0 Å². The molecule has 7 heteroatoms. The Bertz CT molecular complexity index is 389. The van der Waals surface area contributed by atoms with E-state index in [4.69, 9.17) is 5.11 Å². The molecule has 18 heavy (non-hydrogen) atoms. The molecule has 1 aromatic heterocycles. The van der Waals surface area contributed by atoms with Crippen molar-refractivity contribution in [2.45, 2.75) is 0 Å². The van der Waals surface area contributed by atoms with Gasteiger partial charge in [-0.1, -0.05) is 0 Å². The Morgan fingerprint density at radius 1 is 1.39 bits per heavy atom. The molecule has 98 valence electrons. The molecule has 2 rings (SSSR count). The van der Waals surface area contributed by atoms with Gasteiger partial charge in [0.1, 0.15) is 5.82 Å². The zero-order chi connectivity index (χ0) is 12.8. The Morgan fingerprint density at radius 2 is 2.17 bits per heavy atom. The SMILES string of the molecule is O=C(O)c1ccc(NCCN2CCNCC2)nn1. The number of rotatable bonds is 5. The number of nitrogens with zero attached hydrogens (tertiary/aromatic N) is 3. The van der Waals surface area contributed by atoms with Crippen LogP contribution in [0.4, 0.5) is 5.82 Å². The lowest BCUT2D eigenvalue weighted by Crippen LogP contribution is -2.45. The van der Waals surface area contributed by atoms with Gasteiger partial charge in [0.2, 0.25) is 0 Å². The fraction of sp³-hybridized carbons (Fsp3) is 0.545. The van der Waals surface area contributed by atoms with Gasteiger partial charge in [0.05, 0.1) is 0 Å². The van der Waals surface area contributed by atoms with E-state index in [1.165, 1.54) is 6.07 Å². The van der Waals surface area contributed by atoms with Crippen molar-refractivity contribution >= 4 is 11.8 Å². The van der Waals surface area contributed by atoms with Crippen LogP contribution in [-0.2, 0) is 0 Å². The van der Waals surface area contributed by atoms with E-state index in [2.05, 4.69) is 25.7 Å². The first-order chi connectivity index (χ1) is 8.75. The number of piperazine rings is 1. The maximum atomic E-state index is 10.6. The second-order valence-electron chi connectivity index (χ2n) is 4.13. The normalized spacial score (nSPS) is 16.4. The molecule has 2 heterocycles. The highest BCUT2D eigenvalue weighted by atomic mass is 16.4. The van der Waals surface area contributed by atoms with E-state index in [-0.39, 0.29) is 5.69 Å². The number of carboxylic acid groups (broad SMARTS) is 1. The lowest BCUT2D eigenvalue weighted by Gasteiger charge is -2.27. The third kappa shape index (κ3) is 3.64. The van der Waals surface area contributed by atoms with Crippen molar-refractivity contribution < 1.29 is 9.90 Å². The third-order valence-corrected chi connectivity index (χ3v) is 2.83. The molecule has 1 aliphatic rings. The Balaban J connectivity index is 1.74. The highest BCUT2D eigenvalue weighted by Gasteiger charge is 2.09. The summed E-state index contributed by atoms with van der Waals surface area (Å²) in [7, 11) is 0. The second-order valence-corrected chi connectivity index (χ2v) is 4.13. The van der Waals surface area contributed by atoms with E-state index < -0.39 is 5.97 Å². The van der Waals surface area contributed by atoms with Gasteiger partial charge in [-0.05, 0) is 12.1 Å². The average molecular weight is 251 g/mol. The minimum Gasteiger partial charge on any atom is -0.476 e. The predicted octanol–water partition coefficient (Wildman–Crippen LogP) is -0.508. The van der Waals surface area contributed by atoms with Crippen LogP contribution < -0.4 is 10.6 Å². The number of aromatic nitrogens is 2. The number of nitrogens with one attached hydrogen (secondary N) is 2. The van der Waals surface area contributed by atoms with Gasteiger partial charge in [-0.25, -0.2) is 4.79 Å². The Kier molecular flexibility index (Phi) is 4.43. The molecule has 3 N–H and O–H groups in total. The van der Waals surface area contributed by atoms with Crippen molar-refractivity contribution in [1.82, 2.24) is 20.4 Å². The number of aromatic carboxylic acids is 1. The fourth-order valence-corrected chi connectivity index (χ4v) is 1.82. The molecule has 0 bridgehead atoms. The summed E-state index contributed by atoms with van der Waals surface area (Å²) in [6.45, 7) is 5.92. The highest BCUT2D eigenvalue weighted by Crippen LogP contribution is 2.01. The monoisotopic (exact) mass is 251 g/mol. The van der Waals surface area contributed by atoms with Gasteiger partial charge in [0, 0.05) is 39.3 Å². The lowest BCUT2D eigenvalue weighted by molar-refractivity contribution is 0.0689. The summed E-state index contributed by atoms with van der Waals surface area (Å²) in [6, 6.07) is 3.08. The summed E-state index contributed by atoms with van der Waals surface area (Å²) in [5.74, 6) is -0.454. The second kappa shape index (κ2) is 6.27. The van der Waals surface area contributed by atoms with E-state index in [0.29, 0.717) is 5.82 Å². The molecule has 0 atom stereocenters. The maximum Gasteiger partial charge on any atom is 0.356 e. The molecule has 0 aromatic carbocycles. The molecule has 1 aliphatic heterocycles. The predicted molar refractivity (Wildman–Crippen MR) is 66.8 cm³/mol. The van der Waals surface area contributed by atoms with Crippen LogP contribution in [0.15, 0.2) is 12.1 Å². The van der Waals surface area contributed by atoms with Crippen molar-refractivity contribution in [3.8, 4) is 0 Å². The minimum absolute atomic E-state index is 0.0392. The van der Waals surface area contributed by atoms with Crippen LogP contribution in [0.1, 0.15) is 10.5 Å². The van der Waals surface area contributed by atoms with Crippen LogP contribution in [0.5, 0.6) is 0 Å². The number of carboxylic acids is 1. The summed E-state index contributed by atoms with van der Waals surface area (Å²) < 4.78 is 0. The first-order valence-electron chi connectivity index (χ1n) is 5.99. The fourth-order valence-electron chi connectivity index (χ4n) is 1.82. The molecule has 0 unspecified atom stereocenters. The van der Waals surface area contributed by atoms with Gasteiger partial charge in [-0.2, -0.15) is 0 Å². The van der Waals surface area contributed by atoms with Gasteiger partial charge in [-0.3, -0.25) is 4.90 Å². The smallest absolute Gasteiger partial charge is 0.356 e. The first kappa shape index (κ1) is 12.7. The molecule has 0 amide bonds. The standard InChI is InChI=1S/C11H17N5O2/c17-11(18)9-1-2-10(15-14-9)13-5-8-16-6-3-12-4-7-16/h1-2,12H,3-8H2,(H,13,15)(H,17,18).